The maximum atomic E-state index is 12.7. The Morgan fingerprint density at radius 1 is 0.544 bits per heavy atom. The number of allylic oxidation sites excluding steroid dienone is 12. The van der Waals surface area contributed by atoms with Crippen LogP contribution in [0.1, 0.15) is 155 Å². The molecule has 10 nitrogen and oxygen atoms in total. The maximum Gasteiger partial charge on any atom is 0.306 e. The van der Waals surface area contributed by atoms with Crippen LogP contribution in [-0.4, -0.2) is 89.0 Å². The smallest absolute Gasteiger partial charge is 0.306 e. The zero-order valence-corrected chi connectivity index (χ0v) is 35.3. The highest BCUT2D eigenvalue weighted by Gasteiger charge is 2.44. The van der Waals surface area contributed by atoms with E-state index in [-0.39, 0.29) is 26.1 Å². The van der Waals surface area contributed by atoms with Crippen LogP contribution >= 0.6 is 0 Å². The van der Waals surface area contributed by atoms with Gasteiger partial charge in [-0.05, 0) is 83.5 Å². The fraction of sp³-hybridized carbons (Fsp3) is 0.702. The molecule has 0 saturated carbocycles. The second-order valence-electron chi connectivity index (χ2n) is 14.8. The normalized spacial score (nSPS) is 21.0. The number of hydrogen-bond acceptors (Lipinski definition) is 10. The highest BCUT2D eigenvalue weighted by molar-refractivity contribution is 5.70. The molecule has 0 aliphatic carbocycles. The lowest BCUT2D eigenvalue weighted by molar-refractivity contribution is -0.305. The molecule has 0 aromatic rings. The molecule has 1 rings (SSSR count). The molecule has 0 bridgehead atoms. The zero-order chi connectivity index (χ0) is 41.6. The summed E-state index contributed by atoms with van der Waals surface area (Å²) in [6.45, 7) is 3.28. The van der Waals surface area contributed by atoms with Crippen LogP contribution in [0.5, 0.6) is 0 Å². The molecule has 6 atom stereocenters. The molecular weight excluding hydrogens is 725 g/mol. The molecule has 1 aliphatic heterocycles. The number of ether oxygens (including phenoxy) is 4. The Labute approximate surface area is 344 Å². The van der Waals surface area contributed by atoms with Crippen molar-refractivity contribution in [2.45, 2.75) is 192 Å². The number of aliphatic hydroxyl groups is 4. The van der Waals surface area contributed by atoms with Crippen LogP contribution in [0.2, 0.25) is 0 Å². The van der Waals surface area contributed by atoms with Crippen molar-refractivity contribution in [3.05, 3.63) is 72.9 Å². The summed E-state index contributed by atoms with van der Waals surface area (Å²) < 4.78 is 22.1. The summed E-state index contributed by atoms with van der Waals surface area (Å²) in [7, 11) is 0. The lowest BCUT2D eigenvalue weighted by Crippen LogP contribution is -2.59. The molecule has 0 aromatic carbocycles. The van der Waals surface area contributed by atoms with Gasteiger partial charge in [-0.25, -0.2) is 0 Å². The van der Waals surface area contributed by atoms with Gasteiger partial charge >= 0.3 is 11.9 Å². The summed E-state index contributed by atoms with van der Waals surface area (Å²) in [5.41, 5.74) is 0. The molecule has 326 valence electrons. The monoisotopic (exact) mass is 803 g/mol. The van der Waals surface area contributed by atoms with Crippen LogP contribution in [0.3, 0.4) is 0 Å². The summed E-state index contributed by atoms with van der Waals surface area (Å²) in [6, 6.07) is 0. The Bertz CT molecular complexity index is 1160. The first-order chi connectivity index (χ1) is 27.8. The summed E-state index contributed by atoms with van der Waals surface area (Å²) in [5.74, 6) is -0.895. The first-order valence-corrected chi connectivity index (χ1v) is 22.0. The first-order valence-electron chi connectivity index (χ1n) is 22.0. The second-order valence-corrected chi connectivity index (χ2v) is 14.8. The van der Waals surface area contributed by atoms with Gasteiger partial charge in [0, 0.05) is 12.8 Å². The Kier molecular flexibility index (Phi) is 34.2. The van der Waals surface area contributed by atoms with Crippen molar-refractivity contribution >= 4 is 11.9 Å². The van der Waals surface area contributed by atoms with Crippen LogP contribution in [0.4, 0.5) is 0 Å². The quantitative estimate of drug-likeness (QED) is 0.0277. The molecule has 1 aliphatic rings. The van der Waals surface area contributed by atoms with Crippen molar-refractivity contribution in [2.75, 3.05) is 19.8 Å². The van der Waals surface area contributed by atoms with Gasteiger partial charge in [0.05, 0.1) is 13.2 Å². The van der Waals surface area contributed by atoms with Crippen molar-refractivity contribution in [3.8, 4) is 0 Å². The minimum atomic E-state index is -1.61. The van der Waals surface area contributed by atoms with E-state index in [9.17, 15) is 30.0 Å². The predicted molar refractivity (Wildman–Crippen MR) is 228 cm³/mol. The van der Waals surface area contributed by atoms with E-state index in [2.05, 4.69) is 80.7 Å². The van der Waals surface area contributed by atoms with Crippen molar-refractivity contribution in [2.24, 2.45) is 0 Å². The molecule has 0 aromatic heterocycles. The number of carbonyl (C=O) groups excluding carboxylic acids is 2. The molecule has 1 fully saturated rings. The van der Waals surface area contributed by atoms with Crippen LogP contribution in [0, 0.1) is 0 Å². The van der Waals surface area contributed by atoms with E-state index in [1.54, 1.807) is 0 Å². The Hall–Kier alpha value is -2.86. The number of esters is 2. The summed E-state index contributed by atoms with van der Waals surface area (Å²) in [4.78, 5) is 25.3. The van der Waals surface area contributed by atoms with Crippen LogP contribution in [0.15, 0.2) is 72.9 Å². The molecule has 0 spiro atoms. The topological polar surface area (TPSA) is 152 Å². The summed E-state index contributed by atoms with van der Waals surface area (Å²) in [6.07, 6.45) is 39.1. The van der Waals surface area contributed by atoms with Crippen LogP contribution < -0.4 is 0 Å². The van der Waals surface area contributed by atoms with E-state index in [1.165, 1.54) is 38.5 Å². The second kappa shape index (κ2) is 37.4. The maximum absolute atomic E-state index is 12.7. The van der Waals surface area contributed by atoms with Gasteiger partial charge in [0.15, 0.2) is 12.4 Å². The molecule has 1 heterocycles. The van der Waals surface area contributed by atoms with Gasteiger partial charge in [0.25, 0.3) is 0 Å². The number of carbonyl (C=O) groups is 2. The largest absolute Gasteiger partial charge is 0.462 e. The van der Waals surface area contributed by atoms with Crippen molar-refractivity contribution in [1.82, 2.24) is 0 Å². The molecule has 0 amide bonds. The molecule has 2 unspecified atom stereocenters. The number of aliphatic hydroxyl groups excluding tert-OH is 4. The van der Waals surface area contributed by atoms with Crippen LogP contribution in [-0.2, 0) is 28.5 Å². The fourth-order valence-electron chi connectivity index (χ4n) is 6.03. The number of hydrogen-bond donors (Lipinski definition) is 4. The minimum absolute atomic E-state index is 0.193. The van der Waals surface area contributed by atoms with Gasteiger partial charge in [0.2, 0.25) is 0 Å². The zero-order valence-electron chi connectivity index (χ0n) is 35.3. The van der Waals surface area contributed by atoms with Gasteiger partial charge in [0.1, 0.15) is 31.0 Å². The SMILES string of the molecule is CCCCC/C=C/C/C=C/C/C=C/C/C=C/CCCC(=O)OC[C@@H](CO[C@H]1O[C@@H](CO)[C@@H](O)C(O)C1O)OC(=O)CCCCCCC/C=C/C/C=C/CCCCC. The van der Waals surface area contributed by atoms with Crippen LogP contribution in [0.25, 0.3) is 0 Å². The van der Waals surface area contributed by atoms with Gasteiger partial charge in [-0.1, -0.05) is 132 Å². The van der Waals surface area contributed by atoms with Crippen molar-refractivity contribution < 1.29 is 49.0 Å². The van der Waals surface area contributed by atoms with Gasteiger partial charge in [-0.3, -0.25) is 9.59 Å². The predicted octanol–water partition coefficient (Wildman–Crippen LogP) is 9.22. The summed E-state index contributed by atoms with van der Waals surface area (Å²) >= 11 is 0. The van der Waals surface area contributed by atoms with Gasteiger partial charge < -0.3 is 39.4 Å². The van der Waals surface area contributed by atoms with Gasteiger partial charge in [-0.15, -0.1) is 0 Å². The lowest BCUT2D eigenvalue weighted by Gasteiger charge is -2.39. The minimum Gasteiger partial charge on any atom is -0.462 e. The third-order valence-electron chi connectivity index (χ3n) is 9.56. The molecule has 4 N–H and O–H groups in total. The molecule has 10 heteroatoms. The standard InChI is InChI=1S/C47H78O10/c1-3-5-7-9-11-13-15-17-19-20-22-23-25-27-29-31-33-35-42(49)54-38-40(39-55-47-46(53)45(52)44(51)41(37-48)57-47)56-43(50)36-34-32-30-28-26-24-21-18-16-14-12-10-8-6-4-2/h11-14,17-19,21-23,27,29,40-41,44-48,51-53H,3-10,15-16,20,24-26,28,30-39H2,1-2H3/b13-11+,14-12+,19-17+,21-18+,23-22+,29-27+/t40-,41-,44+,45?,46?,47-/m0/s1. The number of rotatable bonds is 35. The average molecular weight is 803 g/mol. The van der Waals surface area contributed by atoms with E-state index < -0.39 is 55.4 Å². The molecular formula is C47H78O10. The fourth-order valence-corrected chi connectivity index (χ4v) is 6.03. The number of unbranched alkanes of at least 4 members (excludes halogenated alkanes) is 12. The van der Waals surface area contributed by atoms with Crippen molar-refractivity contribution in [1.29, 1.82) is 0 Å². The van der Waals surface area contributed by atoms with Crippen molar-refractivity contribution in [3.63, 3.8) is 0 Å². The highest BCUT2D eigenvalue weighted by atomic mass is 16.7. The first kappa shape index (κ1) is 52.2. The van der Waals surface area contributed by atoms with E-state index in [0.717, 1.165) is 77.0 Å². The lowest BCUT2D eigenvalue weighted by atomic mass is 9.99. The molecule has 1 saturated heterocycles. The Morgan fingerprint density at radius 2 is 1.00 bits per heavy atom. The van der Waals surface area contributed by atoms with E-state index in [1.807, 2.05) is 6.08 Å². The van der Waals surface area contributed by atoms with E-state index in [4.69, 9.17) is 18.9 Å². The molecule has 57 heavy (non-hydrogen) atoms. The Morgan fingerprint density at radius 3 is 1.53 bits per heavy atom. The summed E-state index contributed by atoms with van der Waals surface area (Å²) in [5, 5.41) is 40.0. The third-order valence-corrected chi connectivity index (χ3v) is 9.56. The van der Waals surface area contributed by atoms with E-state index in [0.29, 0.717) is 12.8 Å². The highest BCUT2D eigenvalue weighted by Crippen LogP contribution is 2.22. The van der Waals surface area contributed by atoms with Gasteiger partial charge in [-0.2, -0.15) is 0 Å². The molecule has 0 radical (unpaired) electrons. The van der Waals surface area contributed by atoms with E-state index >= 15 is 0 Å². The Balaban J connectivity index is 2.41. The average Bonchev–Trinajstić information content (AvgIpc) is 3.21. The third kappa shape index (κ3) is 29.1.